The van der Waals surface area contributed by atoms with Gasteiger partial charge in [-0.3, -0.25) is 14.6 Å². The third-order valence-corrected chi connectivity index (χ3v) is 7.73. The molecule has 0 spiro atoms. The lowest BCUT2D eigenvalue weighted by Gasteiger charge is -2.48. The van der Waals surface area contributed by atoms with Crippen LogP contribution in [0.4, 0.5) is 4.39 Å². The predicted octanol–water partition coefficient (Wildman–Crippen LogP) is 3.20. The first-order valence-electron chi connectivity index (χ1n) is 11.0. The Balaban J connectivity index is 0.00000253. The molecule has 2 heterocycles. The van der Waals surface area contributed by atoms with Crippen molar-refractivity contribution in [1.82, 2.24) is 9.29 Å². The van der Waals surface area contributed by atoms with E-state index in [0.29, 0.717) is 22.6 Å². The smallest absolute Gasteiger partial charge is 0.320 e. The quantitative estimate of drug-likeness (QED) is 0.365. The average Bonchev–Trinajstić information content (AvgIpc) is 2.82. The van der Waals surface area contributed by atoms with Crippen molar-refractivity contribution < 1.29 is 32.2 Å². The topological polar surface area (TPSA) is 140 Å². The molecular formula is C25H26Cl2FN3O6S. The number of nitrogens with zero attached hydrogens (tertiary/aromatic N) is 2. The van der Waals surface area contributed by atoms with Crippen LogP contribution >= 0.6 is 24.8 Å². The second kappa shape index (κ2) is 12.2. The minimum atomic E-state index is -3.96. The second-order valence-corrected chi connectivity index (χ2v) is 10.5. The van der Waals surface area contributed by atoms with Crippen molar-refractivity contribution in [2.75, 3.05) is 13.1 Å². The van der Waals surface area contributed by atoms with Crippen LogP contribution < -0.4 is 10.5 Å². The number of sulfonamides is 1. The van der Waals surface area contributed by atoms with Crippen molar-refractivity contribution in [3.05, 3.63) is 89.5 Å². The number of nitrogens with two attached hydrogens (primary N) is 1. The Labute approximate surface area is 231 Å². The first-order valence-corrected chi connectivity index (χ1v) is 12.4. The number of halogens is 3. The third kappa shape index (κ3) is 6.48. The lowest BCUT2D eigenvalue weighted by molar-refractivity contribution is -0.138. The maximum absolute atomic E-state index is 13.5. The molecule has 1 saturated heterocycles. The van der Waals surface area contributed by atoms with Gasteiger partial charge >= 0.3 is 5.97 Å². The van der Waals surface area contributed by atoms with E-state index in [0.717, 1.165) is 6.20 Å². The van der Waals surface area contributed by atoms with Crippen LogP contribution in [0, 0.1) is 5.82 Å². The van der Waals surface area contributed by atoms with E-state index in [1.165, 1.54) is 41.6 Å². The number of benzene rings is 2. The van der Waals surface area contributed by atoms with Gasteiger partial charge in [-0.25, -0.2) is 12.8 Å². The van der Waals surface area contributed by atoms with Gasteiger partial charge in [-0.1, -0.05) is 12.1 Å². The molecule has 3 N–H and O–H groups in total. The van der Waals surface area contributed by atoms with Crippen LogP contribution in [0.5, 0.6) is 5.75 Å². The van der Waals surface area contributed by atoms with Crippen LogP contribution in [0.3, 0.4) is 0 Å². The van der Waals surface area contributed by atoms with E-state index in [2.05, 4.69) is 4.98 Å². The number of pyridine rings is 1. The molecule has 3 aromatic rings. The molecule has 0 radical (unpaired) electrons. The van der Waals surface area contributed by atoms with Gasteiger partial charge < -0.3 is 15.6 Å². The molecule has 1 atom stereocenters. The Morgan fingerprint density at radius 1 is 1.13 bits per heavy atom. The maximum Gasteiger partial charge on any atom is 0.320 e. The van der Waals surface area contributed by atoms with Gasteiger partial charge in [0, 0.05) is 5.56 Å². The summed E-state index contributed by atoms with van der Waals surface area (Å²) >= 11 is 0. The van der Waals surface area contributed by atoms with Gasteiger partial charge in [-0.2, -0.15) is 4.31 Å². The monoisotopic (exact) mass is 585 g/mol. The Kier molecular flexibility index (Phi) is 9.98. The molecule has 1 aliphatic heterocycles. The Bertz CT molecular complexity index is 1400. The Morgan fingerprint density at radius 2 is 1.79 bits per heavy atom. The second-order valence-electron chi connectivity index (χ2n) is 8.61. The van der Waals surface area contributed by atoms with Gasteiger partial charge in [-0.05, 0) is 67.4 Å². The maximum atomic E-state index is 13.5. The molecule has 204 valence electrons. The molecule has 0 bridgehead atoms. The van der Waals surface area contributed by atoms with Crippen molar-refractivity contribution >= 4 is 46.6 Å². The minimum absolute atomic E-state index is 0. The summed E-state index contributed by atoms with van der Waals surface area (Å²) in [6.45, 7) is 1.25. The molecule has 0 aliphatic carbocycles. The van der Waals surface area contributed by atoms with Crippen molar-refractivity contribution in [3.63, 3.8) is 0 Å². The van der Waals surface area contributed by atoms with Gasteiger partial charge in [-0.15, -0.1) is 24.8 Å². The lowest BCUT2D eigenvalue weighted by atomic mass is 9.91. The number of ether oxygens (including phenoxy) is 1. The molecule has 13 heteroatoms. The van der Waals surface area contributed by atoms with E-state index in [9.17, 15) is 22.4 Å². The molecule has 0 saturated carbocycles. The number of Topliss-reactive ketones (excluding diaryl/α,β-unsaturated/α-hetero) is 1. The van der Waals surface area contributed by atoms with Crippen molar-refractivity contribution in [2.45, 2.75) is 29.9 Å². The number of hydrogen-bond acceptors (Lipinski definition) is 7. The number of rotatable bonds is 9. The van der Waals surface area contributed by atoms with E-state index in [-0.39, 0.29) is 55.0 Å². The number of aromatic nitrogens is 1. The molecule has 1 aromatic heterocycles. The van der Waals surface area contributed by atoms with Crippen LogP contribution in [0.25, 0.3) is 0 Å². The van der Waals surface area contributed by atoms with Gasteiger partial charge in [0.05, 0.1) is 29.9 Å². The molecule has 38 heavy (non-hydrogen) atoms. The lowest BCUT2D eigenvalue weighted by Crippen LogP contribution is -2.64. The van der Waals surface area contributed by atoms with Crippen LogP contribution in [0.2, 0.25) is 0 Å². The highest BCUT2D eigenvalue weighted by molar-refractivity contribution is 7.89. The highest BCUT2D eigenvalue weighted by atomic mass is 35.5. The normalized spacial score (nSPS) is 15.2. The van der Waals surface area contributed by atoms with Crippen LogP contribution in [0.1, 0.15) is 28.5 Å². The van der Waals surface area contributed by atoms with E-state index in [1.807, 2.05) is 0 Å². The number of aliphatic carboxylic acids is 1. The first kappa shape index (κ1) is 31.1. The summed E-state index contributed by atoms with van der Waals surface area (Å²) in [5, 5.41) is 9.04. The molecule has 4 rings (SSSR count). The largest absolute Gasteiger partial charge is 0.480 e. The van der Waals surface area contributed by atoms with Crippen LogP contribution in [0.15, 0.2) is 71.8 Å². The number of carbonyl (C=O) groups excluding carboxylic acids is 1. The number of ketones is 1. The standard InChI is InChI=1S/C25H24FN3O6S.2ClH/c1-16(30)18-5-8-20(9-6-18)35-25(23-10-7-19(26)13-28-23)14-29(15-25)36(33,34)21-4-2-3-17(11-21)12-22(27)24(31)32;;/h2-11,13,22H,12,14-15,27H2,1H3,(H,31,32);2*1H/t22-;;/m0../s1. The van der Waals surface area contributed by atoms with E-state index in [1.54, 1.807) is 30.3 Å². The zero-order valence-electron chi connectivity index (χ0n) is 20.1. The zero-order valence-corrected chi connectivity index (χ0v) is 22.6. The van der Waals surface area contributed by atoms with Crippen molar-refractivity contribution in [2.24, 2.45) is 5.73 Å². The third-order valence-electron chi connectivity index (χ3n) is 5.94. The first-order chi connectivity index (χ1) is 17.0. The average molecular weight is 586 g/mol. The number of carbonyl (C=O) groups is 2. The summed E-state index contributed by atoms with van der Waals surface area (Å²) < 4.78 is 47.6. The Morgan fingerprint density at radius 3 is 2.34 bits per heavy atom. The molecule has 1 aliphatic rings. The van der Waals surface area contributed by atoms with Gasteiger partial charge in [0.15, 0.2) is 11.4 Å². The van der Waals surface area contributed by atoms with Crippen LogP contribution in [-0.4, -0.2) is 53.7 Å². The molecule has 9 nitrogen and oxygen atoms in total. The highest BCUT2D eigenvalue weighted by Gasteiger charge is 2.53. The molecule has 0 unspecified atom stereocenters. The molecule has 2 aromatic carbocycles. The summed E-state index contributed by atoms with van der Waals surface area (Å²) in [7, 11) is -3.96. The minimum Gasteiger partial charge on any atom is -0.480 e. The van der Waals surface area contributed by atoms with Gasteiger partial charge in [0.25, 0.3) is 0 Å². The fraction of sp³-hybridized carbons (Fsp3) is 0.240. The number of carboxylic acid groups (broad SMARTS) is 1. The molecule has 0 amide bonds. The highest BCUT2D eigenvalue weighted by Crippen LogP contribution is 2.39. The van der Waals surface area contributed by atoms with E-state index >= 15 is 0 Å². The predicted molar refractivity (Wildman–Crippen MR) is 142 cm³/mol. The number of hydrogen-bond donors (Lipinski definition) is 2. The van der Waals surface area contributed by atoms with Gasteiger partial charge in [0.2, 0.25) is 10.0 Å². The summed E-state index contributed by atoms with van der Waals surface area (Å²) in [6.07, 6.45) is 1.01. The fourth-order valence-corrected chi connectivity index (χ4v) is 5.53. The summed E-state index contributed by atoms with van der Waals surface area (Å²) in [5.41, 5.74) is 5.73. The Hall–Kier alpha value is -3.09. The van der Waals surface area contributed by atoms with Crippen LogP contribution in [-0.2, 0) is 26.8 Å². The summed E-state index contributed by atoms with van der Waals surface area (Å²) in [4.78, 5) is 26.7. The summed E-state index contributed by atoms with van der Waals surface area (Å²) in [6, 6.07) is 13.9. The van der Waals surface area contributed by atoms with Crippen molar-refractivity contribution in [3.8, 4) is 5.75 Å². The molecular weight excluding hydrogens is 560 g/mol. The fourth-order valence-electron chi connectivity index (χ4n) is 3.92. The van der Waals surface area contributed by atoms with Gasteiger partial charge in [0.1, 0.15) is 17.6 Å². The summed E-state index contributed by atoms with van der Waals surface area (Å²) in [5.74, 6) is -1.44. The van der Waals surface area contributed by atoms with E-state index in [4.69, 9.17) is 15.6 Å². The molecule has 1 fully saturated rings. The van der Waals surface area contributed by atoms with Crippen molar-refractivity contribution in [1.29, 1.82) is 0 Å². The number of carboxylic acids is 1. The SMILES string of the molecule is CC(=O)c1ccc(OC2(c3ccc(F)cn3)CN(S(=O)(=O)c3cccc(C[C@H](N)C(=O)O)c3)C2)cc1.Cl.Cl. The van der Waals surface area contributed by atoms with E-state index < -0.39 is 33.5 Å². The zero-order chi connectivity index (χ0) is 26.1.